The van der Waals surface area contributed by atoms with Crippen molar-refractivity contribution < 1.29 is 57.1 Å². The van der Waals surface area contributed by atoms with E-state index in [0.29, 0.717) is 0 Å². The summed E-state index contributed by atoms with van der Waals surface area (Å²) in [5, 5.41) is -11.2. The Morgan fingerprint density at radius 1 is 0.880 bits per heavy atom. The van der Waals surface area contributed by atoms with Gasteiger partial charge >= 0.3 is 22.6 Å². The lowest BCUT2D eigenvalue weighted by molar-refractivity contribution is -0.290. The Labute approximate surface area is 137 Å². The van der Waals surface area contributed by atoms with E-state index in [1.807, 2.05) is 0 Å². The molecule has 0 heterocycles. The van der Waals surface area contributed by atoms with Gasteiger partial charge in [-0.15, -0.1) is 0 Å². The van der Waals surface area contributed by atoms with Crippen LogP contribution in [0.25, 0.3) is 0 Å². The van der Waals surface area contributed by atoms with Crippen LogP contribution in [-0.2, 0) is 17.0 Å². The second-order valence-electron chi connectivity index (χ2n) is 4.22. The SMILES string of the molecule is O=S(O)C(F)(F)C(F)(F)Sc1cc(F)c(C(F)(F)C(F)(F)F)cc1F. The van der Waals surface area contributed by atoms with Crippen LogP contribution in [-0.4, -0.2) is 25.4 Å². The van der Waals surface area contributed by atoms with Gasteiger partial charge in [-0.1, -0.05) is 0 Å². The Bertz CT molecular complexity index is 686. The first-order chi connectivity index (χ1) is 10.9. The monoisotopic (exact) mass is 428 g/mol. The fourth-order valence-corrected chi connectivity index (χ4v) is 2.56. The smallest absolute Gasteiger partial charge is 0.301 e. The van der Waals surface area contributed by atoms with Crippen LogP contribution in [0.4, 0.5) is 48.3 Å². The molecule has 1 aromatic carbocycles. The van der Waals surface area contributed by atoms with E-state index in [2.05, 4.69) is 0 Å². The molecule has 1 unspecified atom stereocenters. The fraction of sp³-hybridized carbons (Fsp3) is 0.400. The largest absolute Gasteiger partial charge is 0.458 e. The molecule has 15 heteroatoms. The van der Waals surface area contributed by atoms with Gasteiger partial charge in [-0.3, -0.25) is 0 Å². The first kappa shape index (κ1) is 22.0. The van der Waals surface area contributed by atoms with Gasteiger partial charge in [-0.05, 0) is 23.9 Å². The molecular weight excluding hydrogens is 425 g/mol. The molecule has 144 valence electrons. The molecule has 0 aromatic heterocycles. The van der Waals surface area contributed by atoms with Crippen LogP contribution in [0.3, 0.4) is 0 Å². The lowest BCUT2D eigenvalue weighted by Gasteiger charge is -2.24. The molecule has 0 radical (unpaired) electrons. The van der Waals surface area contributed by atoms with Crippen molar-refractivity contribution in [3.8, 4) is 0 Å². The lowest BCUT2D eigenvalue weighted by atomic mass is 10.1. The molecule has 1 atom stereocenters. The van der Waals surface area contributed by atoms with E-state index < -0.39 is 79.7 Å². The molecule has 1 aromatic rings. The average molecular weight is 428 g/mol. The van der Waals surface area contributed by atoms with Crippen LogP contribution < -0.4 is 0 Å². The summed E-state index contributed by atoms with van der Waals surface area (Å²) >= 11 is -5.98. The molecule has 0 aliphatic carbocycles. The summed E-state index contributed by atoms with van der Waals surface area (Å²) in [4.78, 5) is -1.78. The van der Waals surface area contributed by atoms with Crippen molar-refractivity contribution in [2.45, 2.75) is 27.5 Å². The van der Waals surface area contributed by atoms with Crippen LogP contribution in [0, 0.1) is 11.6 Å². The fourth-order valence-electron chi connectivity index (χ4n) is 1.30. The molecule has 0 saturated heterocycles. The molecular formula is C10H3F11O2S2. The number of alkyl halides is 9. The van der Waals surface area contributed by atoms with Crippen molar-refractivity contribution in [1.29, 1.82) is 0 Å². The van der Waals surface area contributed by atoms with Crippen molar-refractivity contribution in [2.75, 3.05) is 0 Å². The van der Waals surface area contributed by atoms with Gasteiger partial charge in [0.05, 0.1) is 10.5 Å². The zero-order valence-electron chi connectivity index (χ0n) is 11.0. The zero-order valence-corrected chi connectivity index (χ0v) is 12.6. The Hall–Kier alpha value is -1.09. The number of halogens is 11. The van der Waals surface area contributed by atoms with Gasteiger partial charge in [0, 0.05) is 0 Å². The summed E-state index contributed by atoms with van der Waals surface area (Å²) in [5.41, 5.74) is -2.55. The topological polar surface area (TPSA) is 37.3 Å². The standard InChI is InChI=1S/C10H3F11O2S2/c11-4-2-6(24-9(18,19)10(20,21)25(22)23)5(12)1-3(4)7(13,14)8(15,16)17/h1-2H,(H,22,23). The van der Waals surface area contributed by atoms with E-state index in [1.54, 1.807) is 0 Å². The summed E-state index contributed by atoms with van der Waals surface area (Å²) in [6.45, 7) is 0. The van der Waals surface area contributed by atoms with Crippen molar-refractivity contribution in [3.63, 3.8) is 0 Å². The van der Waals surface area contributed by atoms with E-state index >= 15 is 0 Å². The van der Waals surface area contributed by atoms with Crippen molar-refractivity contribution >= 4 is 22.8 Å². The van der Waals surface area contributed by atoms with E-state index in [-0.39, 0.29) is 0 Å². The molecule has 0 amide bonds. The Balaban J connectivity index is 3.36. The van der Waals surface area contributed by atoms with Crippen molar-refractivity contribution in [3.05, 3.63) is 29.3 Å². The highest BCUT2D eigenvalue weighted by atomic mass is 32.2. The maximum absolute atomic E-state index is 13.5. The molecule has 2 nitrogen and oxygen atoms in total. The van der Waals surface area contributed by atoms with Crippen LogP contribution in [0.15, 0.2) is 17.0 Å². The van der Waals surface area contributed by atoms with E-state index in [4.69, 9.17) is 4.55 Å². The lowest BCUT2D eigenvalue weighted by Crippen LogP contribution is -2.41. The summed E-state index contributed by atoms with van der Waals surface area (Å²) in [6, 6.07) is -1.37. The maximum atomic E-state index is 13.5. The van der Waals surface area contributed by atoms with Crippen LogP contribution in [0.2, 0.25) is 0 Å². The first-order valence-electron chi connectivity index (χ1n) is 5.45. The minimum Gasteiger partial charge on any atom is -0.301 e. The minimum atomic E-state index is -6.35. The van der Waals surface area contributed by atoms with E-state index in [1.165, 1.54) is 0 Å². The second kappa shape index (κ2) is 6.57. The Kier molecular flexibility index (Phi) is 5.77. The third kappa shape index (κ3) is 4.02. The van der Waals surface area contributed by atoms with Gasteiger partial charge in [0.1, 0.15) is 11.6 Å². The number of thioether (sulfide) groups is 1. The Morgan fingerprint density at radius 3 is 1.76 bits per heavy atom. The van der Waals surface area contributed by atoms with Crippen molar-refractivity contribution in [1.82, 2.24) is 0 Å². The van der Waals surface area contributed by atoms with Crippen LogP contribution in [0.5, 0.6) is 0 Å². The molecule has 0 bridgehead atoms. The molecule has 0 fully saturated rings. The number of benzene rings is 1. The molecule has 0 aliphatic rings. The number of rotatable bonds is 5. The van der Waals surface area contributed by atoms with Gasteiger partial charge in [-0.25, -0.2) is 13.0 Å². The number of hydrogen-bond donors (Lipinski definition) is 1. The highest BCUT2D eigenvalue weighted by Gasteiger charge is 2.63. The highest BCUT2D eigenvalue weighted by Crippen LogP contribution is 2.50. The van der Waals surface area contributed by atoms with E-state index in [0.717, 1.165) is 0 Å². The van der Waals surface area contributed by atoms with Gasteiger partial charge < -0.3 is 4.55 Å². The quantitative estimate of drug-likeness (QED) is 0.402. The normalized spacial score (nSPS) is 15.4. The molecule has 0 saturated carbocycles. The zero-order chi connectivity index (χ0) is 20.0. The molecule has 1 N–H and O–H groups in total. The average Bonchev–Trinajstić information content (AvgIpc) is 2.40. The predicted molar refractivity (Wildman–Crippen MR) is 62.8 cm³/mol. The summed E-state index contributed by atoms with van der Waals surface area (Å²) in [6.07, 6.45) is -6.35. The van der Waals surface area contributed by atoms with E-state index in [9.17, 15) is 52.5 Å². The van der Waals surface area contributed by atoms with Gasteiger partial charge in [0.15, 0.2) is 0 Å². The third-order valence-corrected chi connectivity index (χ3v) is 4.38. The summed E-state index contributed by atoms with van der Waals surface area (Å²) in [7, 11) is 0. The van der Waals surface area contributed by atoms with Gasteiger partial charge in [0.2, 0.25) is 11.1 Å². The van der Waals surface area contributed by atoms with Crippen LogP contribution in [0.1, 0.15) is 5.56 Å². The van der Waals surface area contributed by atoms with Gasteiger partial charge in [-0.2, -0.15) is 39.5 Å². The molecule has 0 aliphatic heterocycles. The first-order valence-corrected chi connectivity index (χ1v) is 7.37. The minimum absolute atomic E-state index is 0.584. The Morgan fingerprint density at radius 2 is 1.36 bits per heavy atom. The third-order valence-electron chi connectivity index (χ3n) is 2.51. The van der Waals surface area contributed by atoms with Crippen LogP contribution >= 0.6 is 11.8 Å². The highest BCUT2D eigenvalue weighted by molar-refractivity contribution is 8.01. The molecule has 25 heavy (non-hydrogen) atoms. The number of hydrogen-bond acceptors (Lipinski definition) is 2. The van der Waals surface area contributed by atoms with Gasteiger partial charge in [0.25, 0.3) is 0 Å². The molecule has 1 rings (SSSR count). The summed E-state index contributed by atoms with van der Waals surface area (Å²) < 4.78 is 160. The maximum Gasteiger partial charge on any atom is 0.458 e. The summed E-state index contributed by atoms with van der Waals surface area (Å²) in [5.74, 6) is -10.7. The second-order valence-corrected chi connectivity index (χ2v) is 6.39. The predicted octanol–water partition coefficient (Wildman–Crippen LogP) is 5.12. The molecule has 0 spiro atoms. The van der Waals surface area contributed by atoms with Crippen molar-refractivity contribution in [2.24, 2.45) is 0 Å².